The molecular formula is C12H11NO10. The highest BCUT2D eigenvalue weighted by molar-refractivity contribution is 5.99. The number of carbonyl (C=O) groups excluding carboxylic acids is 4. The lowest BCUT2D eigenvalue weighted by molar-refractivity contribution is -0.162. The van der Waals surface area contributed by atoms with Gasteiger partial charge in [0.05, 0.1) is 6.42 Å². The Morgan fingerprint density at radius 1 is 0.826 bits per heavy atom. The number of carboxylic acids is 2. The summed E-state index contributed by atoms with van der Waals surface area (Å²) in [5.41, 5.74) is 5.23. The van der Waals surface area contributed by atoms with Crippen molar-refractivity contribution in [3.05, 3.63) is 24.3 Å². The number of rotatable bonds is 7. The summed E-state index contributed by atoms with van der Waals surface area (Å²) < 4.78 is 8.22. The van der Waals surface area contributed by atoms with Gasteiger partial charge in [0.1, 0.15) is 6.04 Å². The number of hydrogen-bond acceptors (Lipinski definition) is 9. The molecule has 0 aliphatic carbocycles. The summed E-state index contributed by atoms with van der Waals surface area (Å²) in [5, 5.41) is 16.5. The maximum absolute atomic E-state index is 11.3. The van der Waals surface area contributed by atoms with Crippen molar-refractivity contribution in [2.45, 2.75) is 12.5 Å². The first-order valence-corrected chi connectivity index (χ1v) is 5.69. The molecule has 0 aromatic carbocycles. The summed E-state index contributed by atoms with van der Waals surface area (Å²) in [6, 6.07) is -1.65. The topological polar surface area (TPSA) is 187 Å². The average Bonchev–Trinajstić information content (AvgIpc) is 2.42. The van der Waals surface area contributed by atoms with Gasteiger partial charge in [0.2, 0.25) is 0 Å². The number of nitrogens with two attached hydrogens (primary N) is 1. The standard InChI is InChI=1S/C12H11NO10/c13-6(12(21)23-10(19)4-2-8(16)17)5-11(20)22-9(18)3-1-7(14)15/h1-4,6H,5,13H2,(H,14,15)(H,16,17)/t6-/m0/s1. The van der Waals surface area contributed by atoms with Crippen molar-refractivity contribution in [2.75, 3.05) is 0 Å². The zero-order valence-electron chi connectivity index (χ0n) is 11.3. The van der Waals surface area contributed by atoms with E-state index in [1.807, 2.05) is 0 Å². The maximum Gasteiger partial charge on any atom is 0.338 e. The number of ether oxygens (including phenoxy) is 2. The van der Waals surface area contributed by atoms with E-state index in [9.17, 15) is 28.8 Å². The molecule has 0 spiro atoms. The molecule has 0 saturated carbocycles. The fourth-order valence-electron chi connectivity index (χ4n) is 0.938. The van der Waals surface area contributed by atoms with Crippen LogP contribution in [0.4, 0.5) is 0 Å². The lowest BCUT2D eigenvalue weighted by atomic mass is 10.2. The van der Waals surface area contributed by atoms with Gasteiger partial charge < -0.3 is 25.4 Å². The van der Waals surface area contributed by atoms with Crippen molar-refractivity contribution in [1.82, 2.24) is 0 Å². The van der Waals surface area contributed by atoms with Gasteiger partial charge in [0.25, 0.3) is 0 Å². The van der Waals surface area contributed by atoms with Crippen molar-refractivity contribution in [3.8, 4) is 0 Å². The van der Waals surface area contributed by atoms with E-state index < -0.39 is 48.3 Å². The van der Waals surface area contributed by atoms with Gasteiger partial charge in [-0.3, -0.25) is 4.79 Å². The van der Waals surface area contributed by atoms with E-state index in [2.05, 4.69) is 9.47 Å². The first-order chi connectivity index (χ1) is 10.6. The Labute approximate surface area is 127 Å². The van der Waals surface area contributed by atoms with Gasteiger partial charge in [-0.15, -0.1) is 0 Å². The van der Waals surface area contributed by atoms with Gasteiger partial charge in [-0.05, 0) is 0 Å². The largest absolute Gasteiger partial charge is 0.478 e. The average molecular weight is 329 g/mol. The molecule has 1 atom stereocenters. The minimum atomic E-state index is -1.65. The van der Waals surface area contributed by atoms with Crippen LogP contribution in [0.25, 0.3) is 0 Å². The van der Waals surface area contributed by atoms with Gasteiger partial charge >= 0.3 is 35.8 Å². The zero-order chi connectivity index (χ0) is 18.0. The molecule has 0 radical (unpaired) electrons. The summed E-state index contributed by atoms with van der Waals surface area (Å²) in [5.74, 6) is -8.11. The predicted octanol–water partition coefficient (Wildman–Crippen LogP) is -1.87. The second-order valence-electron chi connectivity index (χ2n) is 3.69. The second-order valence-corrected chi connectivity index (χ2v) is 3.69. The van der Waals surface area contributed by atoms with E-state index in [4.69, 9.17) is 15.9 Å². The van der Waals surface area contributed by atoms with Gasteiger partial charge in [-0.1, -0.05) is 0 Å². The van der Waals surface area contributed by atoms with Crippen LogP contribution in [0.1, 0.15) is 6.42 Å². The Hall–Kier alpha value is -3.34. The Morgan fingerprint density at radius 2 is 1.26 bits per heavy atom. The monoisotopic (exact) mass is 329 g/mol. The summed E-state index contributed by atoms with van der Waals surface area (Å²) in [6.07, 6.45) is 0.928. The first-order valence-electron chi connectivity index (χ1n) is 5.69. The number of carbonyl (C=O) groups is 6. The number of aliphatic carboxylic acids is 2. The van der Waals surface area contributed by atoms with E-state index in [-0.39, 0.29) is 0 Å². The smallest absolute Gasteiger partial charge is 0.338 e. The van der Waals surface area contributed by atoms with Crippen LogP contribution < -0.4 is 5.73 Å². The SMILES string of the molecule is N[C@@H](CC(=O)OC(=O)C=CC(=O)O)C(=O)OC(=O)C=CC(=O)O. The molecule has 0 aromatic rings. The highest BCUT2D eigenvalue weighted by atomic mass is 16.6. The summed E-state index contributed by atoms with van der Waals surface area (Å²) in [6.45, 7) is 0. The molecule has 0 rings (SSSR count). The highest BCUT2D eigenvalue weighted by Crippen LogP contribution is 1.98. The molecule has 0 aromatic heterocycles. The minimum absolute atomic E-state index is 0.419. The molecule has 4 N–H and O–H groups in total. The molecule has 124 valence electrons. The van der Waals surface area contributed by atoms with E-state index in [0.29, 0.717) is 24.3 Å². The van der Waals surface area contributed by atoms with E-state index in [1.165, 1.54) is 0 Å². The number of hydrogen-bond donors (Lipinski definition) is 3. The van der Waals surface area contributed by atoms with Crippen LogP contribution in [-0.4, -0.2) is 52.1 Å². The fraction of sp³-hybridized carbons (Fsp3) is 0.167. The Kier molecular flexibility index (Phi) is 8.18. The molecule has 0 unspecified atom stereocenters. The predicted molar refractivity (Wildman–Crippen MR) is 68.3 cm³/mol. The van der Waals surface area contributed by atoms with Crippen molar-refractivity contribution in [1.29, 1.82) is 0 Å². The van der Waals surface area contributed by atoms with E-state index in [0.717, 1.165) is 0 Å². The van der Waals surface area contributed by atoms with Crippen LogP contribution in [0.2, 0.25) is 0 Å². The van der Waals surface area contributed by atoms with Crippen molar-refractivity contribution < 1.29 is 48.5 Å². The molecule has 0 heterocycles. The zero-order valence-corrected chi connectivity index (χ0v) is 11.3. The van der Waals surface area contributed by atoms with Crippen molar-refractivity contribution in [2.24, 2.45) is 5.73 Å². The maximum atomic E-state index is 11.3. The highest BCUT2D eigenvalue weighted by Gasteiger charge is 2.23. The number of esters is 4. The lowest BCUT2D eigenvalue weighted by Gasteiger charge is -2.07. The molecule has 11 heteroatoms. The van der Waals surface area contributed by atoms with E-state index >= 15 is 0 Å². The third kappa shape index (κ3) is 10.1. The molecule has 0 bridgehead atoms. The third-order valence-electron chi connectivity index (χ3n) is 1.83. The fourth-order valence-corrected chi connectivity index (χ4v) is 0.938. The molecular weight excluding hydrogens is 318 g/mol. The minimum Gasteiger partial charge on any atom is -0.478 e. The van der Waals surface area contributed by atoms with Crippen molar-refractivity contribution in [3.63, 3.8) is 0 Å². The van der Waals surface area contributed by atoms with Crippen LogP contribution in [0.5, 0.6) is 0 Å². The lowest BCUT2D eigenvalue weighted by Crippen LogP contribution is -2.36. The van der Waals surface area contributed by atoms with Gasteiger partial charge in [0.15, 0.2) is 0 Å². The summed E-state index contributed by atoms with van der Waals surface area (Å²) in [4.78, 5) is 64.7. The molecule has 0 amide bonds. The van der Waals surface area contributed by atoms with Crippen LogP contribution >= 0.6 is 0 Å². The van der Waals surface area contributed by atoms with Crippen molar-refractivity contribution >= 4 is 35.8 Å². The van der Waals surface area contributed by atoms with Crippen LogP contribution in [0.3, 0.4) is 0 Å². The number of carboxylic acid groups (broad SMARTS) is 2. The molecule has 0 aliphatic heterocycles. The third-order valence-corrected chi connectivity index (χ3v) is 1.83. The molecule has 0 fully saturated rings. The van der Waals surface area contributed by atoms with Gasteiger partial charge in [-0.25, -0.2) is 24.0 Å². The molecule has 0 aliphatic rings. The van der Waals surface area contributed by atoms with Gasteiger partial charge in [-0.2, -0.15) is 0 Å². The molecule has 0 saturated heterocycles. The summed E-state index contributed by atoms with van der Waals surface area (Å²) >= 11 is 0. The molecule has 23 heavy (non-hydrogen) atoms. The van der Waals surface area contributed by atoms with E-state index in [1.54, 1.807) is 0 Å². The Morgan fingerprint density at radius 3 is 1.70 bits per heavy atom. The van der Waals surface area contributed by atoms with Crippen LogP contribution in [0, 0.1) is 0 Å². The quantitative estimate of drug-likeness (QED) is 0.269. The van der Waals surface area contributed by atoms with Crippen LogP contribution in [0.15, 0.2) is 24.3 Å². The molecule has 11 nitrogen and oxygen atoms in total. The summed E-state index contributed by atoms with van der Waals surface area (Å²) in [7, 11) is 0. The Bertz CT molecular complexity index is 589. The normalized spacial score (nSPS) is 11.9. The second kappa shape index (κ2) is 9.57. The first kappa shape index (κ1) is 19.7. The Balaban J connectivity index is 4.38. The van der Waals surface area contributed by atoms with Gasteiger partial charge in [0, 0.05) is 24.3 Å². The van der Waals surface area contributed by atoms with Crippen LogP contribution in [-0.2, 0) is 38.2 Å².